The largest absolute Gasteiger partial charge is 0.465 e. The molecule has 0 aliphatic heterocycles. The van der Waals surface area contributed by atoms with Crippen molar-refractivity contribution in [2.45, 2.75) is 43.4 Å². The predicted molar refractivity (Wildman–Crippen MR) is 62.4 cm³/mol. The maximum absolute atomic E-state index is 12.0. The molecular formula is C10H16N2O5S. The van der Waals surface area contributed by atoms with Crippen molar-refractivity contribution in [3.05, 3.63) is 0 Å². The summed E-state index contributed by atoms with van der Waals surface area (Å²) < 4.78 is 25.3. The quantitative estimate of drug-likeness (QED) is 0.655. The van der Waals surface area contributed by atoms with Crippen molar-refractivity contribution in [3.63, 3.8) is 0 Å². The highest BCUT2D eigenvalue weighted by atomic mass is 32.2. The molecule has 2 fully saturated rings. The Bertz CT molecular complexity index is 484. The van der Waals surface area contributed by atoms with Crippen molar-refractivity contribution in [1.82, 2.24) is 10.0 Å². The Hall–Kier alpha value is -1.31. The molecule has 2 amide bonds. The normalized spacial score (nSPS) is 30.6. The fourth-order valence-corrected chi connectivity index (χ4v) is 3.55. The first-order valence-electron chi connectivity index (χ1n) is 5.89. The van der Waals surface area contributed by atoms with Gasteiger partial charge >= 0.3 is 6.09 Å². The lowest BCUT2D eigenvalue weighted by molar-refractivity contribution is -0.122. The number of carbonyl (C=O) groups excluding carboxylic acids is 1. The van der Waals surface area contributed by atoms with Crippen LogP contribution < -0.4 is 10.0 Å². The monoisotopic (exact) mass is 276 g/mol. The Morgan fingerprint density at radius 1 is 1.39 bits per heavy atom. The standard InChI is InChI=1S/C10H16N2O5S/c1-2-6-5-10(6,11-9(14)15)8(13)12-18(16,17)7-3-4-7/h6-7,11H,2-5H2,1H3,(H,12,13)(H,14,15)/t6-,10-/m1/s1. The molecule has 0 saturated heterocycles. The fraction of sp³-hybridized carbons (Fsp3) is 0.800. The zero-order valence-electron chi connectivity index (χ0n) is 9.97. The molecule has 0 heterocycles. The van der Waals surface area contributed by atoms with Gasteiger partial charge in [0.05, 0.1) is 5.25 Å². The number of nitrogens with one attached hydrogen (secondary N) is 2. The lowest BCUT2D eigenvalue weighted by Crippen LogP contribution is -2.52. The molecule has 0 aromatic rings. The number of hydrogen-bond acceptors (Lipinski definition) is 4. The summed E-state index contributed by atoms with van der Waals surface area (Å²) in [5, 5.41) is 10.4. The van der Waals surface area contributed by atoms with Gasteiger partial charge in [0.15, 0.2) is 0 Å². The van der Waals surface area contributed by atoms with Crippen LogP contribution in [0.25, 0.3) is 0 Å². The molecule has 18 heavy (non-hydrogen) atoms. The summed E-state index contributed by atoms with van der Waals surface area (Å²) in [7, 11) is -3.63. The molecule has 2 atom stereocenters. The minimum Gasteiger partial charge on any atom is -0.465 e. The first-order valence-corrected chi connectivity index (χ1v) is 7.43. The van der Waals surface area contributed by atoms with Crippen molar-refractivity contribution < 1.29 is 23.1 Å². The predicted octanol–water partition coefficient (Wildman–Crippen LogP) is 0.0311. The van der Waals surface area contributed by atoms with E-state index in [4.69, 9.17) is 5.11 Å². The average molecular weight is 276 g/mol. The van der Waals surface area contributed by atoms with E-state index in [2.05, 4.69) is 5.32 Å². The molecule has 0 unspecified atom stereocenters. The zero-order chi connectivity index (χ0) is 13.6. The van der Waals surface area contributed by atoms with Gasteiger partial charge in [0.1, 0.15) is 5.54 Å². The van der Waals surface area contributed by atoms with Crippen LogP contribution in [0.15, 0.2) is 0 Å². The summed E-state index contributed by atoms with van der Waals surface area (Å²) >= 11 is 0. The van der Waals surface area contributed by atoms with E-state index in [0.29, 0.717) is 25.7 Å². The summed E-state index contributed by atoms with van der Waals surface area (Å²) in [4.78, 5) is 22.7. The highest BCUT2D eigenvalue weighted by molar-refractivity contribution is 7.90. The van der Waals surface area contributed by atoms with Crippen LogP contribution >= 0.6 is 0 Å². The second-order valence-corrected chi connectivity index (χ2v) is 6.85. The summed E-state index contributed by atoms with van der Waals surface area (Å²) in [5.41, 5.74) is -1.26. The zero-order valence-corrected chi connectivity index (χ0v) is 10.8. The number of carbonyl (C=O) groups is 2. The lowest BCUT2D eigenvalue weighted by Gasteiger charge is -2.17. The highest BCUT2D eigenvalue weighted by Crippen LogP contribution is 2.46. The van der Waals surface area contributed by atoms with Crippen molar-refractivity contribution in [3.8, 4) is 0 Å². The van der Waals surface area contributed by atoms with Gasteiger partial charge in [-0.1, -0.05) is 13.3 Å². The van der Waals surface area contributed by atoms with E-state index >= 15 is 0 Å². The van der Waals surface area contributed by atoms with E-state index in [1.807, 2.05) is 11.6 Å². The van der Waals surface area contributed by atoms with Crippen LogP contribution in [0.3, 0.4) is 0 Å². The van der Waals surface area contributed by atoms with Crippen LogP contribution in [0.5, 0.6) is 0 Å². The molecular weight excluding hydrogens is 260 g/mol. The van der Waals surface area contributed by atoms with Crippen molar-refractivity contribution >= 4 is 22.0 Å². The molecule has 0 aromatic carbocycles. The molecule has 7 nitrogen and oxygen atoms in total. The second-order valence-electron chi connectivity index (χ2n) is 4.89. The van der Waals surface area contributed by atoms with E-state index in [9.17, 15) is 18.0 Å². The second kappa shape index (κ2) is 4.11. The maximum Gasteiger partial charge on any atom is 0.405 e. The number of carboxylic acid groups (broad SMARTS) is 1. The maximum atomic E-state index is 12.0. The van der Waals surface area contributed by atoms with Crippen LogP contribution in [-0.2, 0) is 14.8 Å². The summed E-state index contributed by atoms with van der Waals surface area (Å²) in [6.45, 7) is 1.83. The molecule has 0 bridgehead atoms. The van der Waals surface area contributed by atoms with E-state index in [1.54, 1.807) is 0 Å². The molecule has 0 radical (unpaired) electrons. The Kier molecular flexibility index (Phi) is 3.00. The van der Waals surface area contributed by atoms with Gasteiger partial charge in [0, 0.05) is 0 Å². The van der Waals surface area contributed by atoms with Crippen LogP contribution in [0.1, 0.15) is 32.6 Å². The number of rotatable bonds is 5. The summed E-state index contributed by atoms with van der Waals surface area (Å²) in [5.74, 6) is -0.883. The molecule has 2 saturated carbocycles. The van der Waals surface area contributed by atoms with Crippen molar-refractivity contribution in [2.75, 3.05) is 0 Å². The van der Waals surface area contributed by atoms with Gasteiger partial charge in [0.2, 0.25) is 10.0 Å². The molecule has 3 N–H and O–H groups in total. The van der Waals surface area contributed by atoms with E-state index in [0.717, 1.165) is 0 Å². The molecule has 0 aromatic heterocycles. The average Bonchev–Trinajstić information content (AvgIpc) is 3.11. The van der Waals surface area contributed by atoms with Crippen LogP contribution in [-0.4, -0.2) is 36.3 Å². The molecule has 2 aliphatic rings. The Balaban J connectivity index is 2.08. The van der Waals surface area contributed by atoms with E-state index in [-0.39, 0.29) is 5.92 Å². The number of hydrogen-bond donors (Lipinski definition) is 3. The smallest absolute Gasteiger partial charge is 0.405 e. The third-order valence-corrected chi connectivity index (χ3v) is 5.35. The Labute approximate surface area is 105 Å². The van der Waals surface area contributed by atoms with Gasteiger partial charge in [-0.2, -0.15) is 0 Å². The van der Waals surface area contributed by atoms with Crippen LogP contribution in [0, 0.1) is 5.92 Å². The minimum atomic E-state index is -3.63. The van der Waals surface area contributed by atoms with Gasteiger partial charge in [-0.05, 0) is 25.2 Å². The van der Waals surface area contributed by atoms with Gasteiger partial charge in [-0.3, -0.25) is 9.52 Å². The van der Waals surface area contributed by atoms with Gasteiger partial charge in [-0.15, -0.1) is 0 Å². The summed E-state index contributed by atoms with van der Waals surface area (Å²) in [6, 6.07) is 0. The van der Waals surface area contributed by atoms with E-state index < -0.39 is 32.8 Å². The van der Waals surface area contributed by atoms with Gasteiger partial charge < -0.3 is 10.4 Å². The lowest BCUT2D eigenvalue weighted by atomic mass is 10.1. The van der Waals surface area contributed by atoms with Crippen LogP contribution in [0.4, 0.5) is 4.79 Å². The molecule has 2 rings (SSSR count). The van der Waals surface area contributed by atoms with Gasteiger partial charge in [0.25, 0.3) is 5.91 Å². The minimum absolute atomic E-state index is 0.136. The number of amides is 2. The third kappa shape index (κ3) is 2.29. The topological polar surface area (TPSA) is 113 Å². The number of sulfonamides is 1. The molecule has 2 aliphatic carbocycles. The Morgan fingerprint density at radius 2 is 2.00 bits per heavy atom. The van der Waals surface area contributed by atoms with E-state index in [1.165, 1.54) is 0 Å². The highest BCUT2D eigenvalue weighted by Gasteiger charge is 2.61. The SMILES string of the molecule is CC[C@@H]1C[C@]1(NC(=O)O)C(=O)NS(=O)(=O)C1CC1. The molecule has 0 spiro atoms. The van der Waals surface area contributed by atoms with Crippen LogP contribution in [0.2, 0.25) is 0 Å². The van der Waals surface area contributed by atoms with Crippen molar-refractivity contribution in [1.29, 1.82) is 0 Å². The van der Waals surface area contributed by atoms with Gasteiger partial charge in [-0.25, -0.2) is 13.2 Å². The third-order valence-electron chi connectivity index (χ3n) is 3.53. The Morgan fingerprint density at radius 3 is 2.39 bits per heavy atom. The molecule has 102 valence electrons. The summed E-state index contributed by atoms with van der Waals surface area (Å²) in [6.07, 6.45) is 0.766. The first kappa shape index (κ1) is 13.1. The van der Waals surface area contributed by atoms with Crippen molar-refractivity contribution in [2.24, 2.45) is 5.92 Å². The fourth-order valence-electron chi connectivity index (χ4n) is 2.18. The molecule has 8 heteroatoms. The first-order chi connectivity index (χ1) is 8.32.